The van der Waals surface area contributed by atoms with Gasteiger partial charge in [-0.25, -0.2) is 0 Å². The summed E-state index contributed by atoms with van der Waals surface area (Å²) in [4.78, 5) is 24.2. The van der Waals surface area contributed by atoms with Crippen molar-refractivity contribution in [1.82, 2.24) is 5.32 Å². The van der Waals surface area contributed by atoms with Crippen LogP contribution in [0.2, 0.25) is 0 Å². The van der Waals surface area contributed by atoms with Crippen LogP contribution in [0.25, 0.3) is 0 Å². The highest BCUT2D eigenvalue weighted by Crippen LogP contribution is 2.25. The molecule has 4 heteroatoms. The van der Waals surface area contributed by atoms with E-state index in [-0.39, 0.29) is 17.4 Å². The van der Waals surface area contributed by atoms with Crippen LogP contribution >= 0.6 is 0 Å². The maximum Gasteiger partial charge on any atom is 0.224 e. The van der Waals surface area contributed by atoms with Crippen molar-refractivity contribution in [1.29, 1.82) is 0 Å². The second-order valence-electron chi connectivity index (χ2n) is 6.79. The number of hydrogen-bond donors (Lipinski definition) is 2. The quantitative estimate of drug-likeness (QED) is 0.705. The topological polar surface area (TPSA) is 72.2 Å². The van der Waals surface area contributed by atoms with Gasteiger partial charge in [0.25, 0.3) is 0 Å². The smallest absolute Gasteiger partial charge is 0.224 e. The first-order chi connectivity index (χ1) is 9.08. The molecule has 0 heterocycles. The van der Waals surface area contributed by atoms with Crippen molar-refractivity contribution in [3.8, 4) is 0 Å². The fourth-order valence-corrected chi connectivity index (χ4v) is 2.19. The van der Waals surface area contributed by atoms with Crippen molar-refractivity contribution in [2.75, 3.05) is 0 Å². The summed E-state index contributed by atoms with van der Waals surface area (Å²) in [6.45, 7) is 11.8. The maximum atomic E-state index is 12.5. The summed E-state index contributed by atoms with van der Waals surface area (Å²) < 4.78 is 0. The van der Waals surface area contributed by atoms with E-state index in [1.807, 2.05) is 53.7 Å². The Bertz CT molecular complexity index is 354. The van der Waals surface area contributed by atoms with Crippen molar-refractivity contribution >= 4 is 11.8 Å². The molecule has 0 fully saturated rings. The van der Waals surface area contributed by atoms with E-state index in [4.69, 9.17) is 5.73 Å². The molecular formula is C16H30N2O2. The van der Waals surface area contributed by atoms with Gasteiger partial charge in [-0.2, -0.15) is 0 Å². The highest BCUT2D eigenvalue weighted by atomic mass is 16.2. The summed E-state index contributed by atoms with van der Waals surface area (Å²) in [5.74, 6) is -0.977. The van der Waals surface area contributed by atoms with Crippen LogP contribution in [0.1, 0.15) is 54.4 Å². The second kappa shape index (κ2) is 8.08. The van der Waals surface area contributed by atoms with Crippen molar-refractivity contribution in [2.24, 2.45) is 23.5 Å². The van der Waals surface area contributed by atoms with E-state index < -0.39 is 11.8 Å². The lowest BCUT2D eigenvalue weighted by atomic mass is 9.81. The molecule has 0 saturated carbocycles. The number of allylic oxidation sites excluding steroid dienone is 2. The Morgan fingerprint density at radius 1 is 1.20 bits per heavy atom. The molecule has 0 aliphatic rings. The van der Waals surface area contributed by atoms with Crippen LogP contribution < -0.4 is 11.1 Å². The van der Waals surface area contributed by atoms with Gasteiger partial charge < -0.3 is 11.1 Å². The number of amides is 2. The number of carbonyl (C=O) groups excluding carboxylic acids is 2. The minimum absolute atomic E-state index is 0.0838. The molecule has 2 amide bonds. The summed E-state index contributed by atoms with van der Waals surface area (Å²) in [5, 5.41) is 2.97. The van der Waals surface area contributed by atoms with Gasteiger partial charge in [0.15, 0.2) is 0 Å². The molecule has 0 aromatic carbocycles. The molecule has 0 radical (unpaired) electrons. The number of hydrogen-bond acceptors (Lipinski definition) is 2. The van der Waals surface area contributed by atoms with Gasteiger partial charge in [-0.3, -0.25) is 9.59 Å². The number of nitrogens with one attached hydrogen (secondary N) is 1. The number of nitrogens with two attached hydrogens (primary N) is 1. The predicted molar refractivity (Wildman–Crippen MR) is 83.0 cm³/mol. The SMILES string of the molecule is C/C=C/C[C@H](C(N)=O)[C@@H](CC(C)C)C(=O)NC(C)(C)C. The normalized spacial score (nSPS) is 15.3. The zero-order valence-corrected chi connectivity index (χ0v) is 13.7. The summed E-state index contributed by atoms with van der Waals surface area (Å²) in [7, 11) is 0. The molecule has 0 bridgehead atoms. The Hall–Kier alpha value is -1.32. The minimum atomic E-state index is -0.448. The van der Waals surface area contributed by atoms with Gasteiger partial charge in [-0.15, -0.1) is 0 Å². The third kappa shape index (κ3) is 7.31. The first kappa shape index (κ1) is 18.7. The molecule has 0 saturated heterocycles. The Morgan fingerprint density at radius 3 is 2.10 bits per heavy atom. The van der Waals surface area contributed by atoms with Crippen LogP contribution in [0.4, 0.5) is 0 Å². The van der Waals surface area contributed by atoms with Crippen LogP contribution in [-0.2, 0) is 9.59 Å². The molecule has 2 atom stereocenters. The fourth-order valence-electron chi connectivity index (χ4n) is 2.19. The lowest BCUT2D eigenvalue weighted by molar-refractivity contribution is -0.134. The average Bonchev–Trinajstić information content (AvgIpc) is 2.24. The van der Waals surface area contributed by atoms with Crippen molar-refractivity contribution < 1.29 is 9.59 Å². The highest BCUT2D eigenvalue weighted by Gasteiger charge is 2.33. The van der Waals surface area contributed by atoms with Crippen LogP contribution in [0.15, 0.2) is 12.2 Å². The molecule has 3 N–H and O–H groups in total. The first-order valence-electron chi connectivity index (χ1n) is 7.31. The van der Waals surface area contributed by atoms with E-state index in [0.29, 0.717) is 18.8 Å². The van der Waals surface area contributed by atoms with Crippen LogP contribution in [0.5, 0.6) is 0 Å². The van der Waals surface area contributed by atoms with Gasteiger partial charge in [0.05, 0.1) is 11.8 Å². The van der Waals surface area contributed by atoms with Gasteiger partial charge in [0.2, 0.25) is 11.8 Å². The van der Waals surface area contributed by atoms with E-state index in [1.165, 1.54) is 0 Å². The lowest BCUT2D eigenvalue weighted by Crippen LogP contribution is -2.47. The molecule has 0 aromatic heterocycles. The monoisotopic (exact) mass is 282 g/mol. The first-order valence-corrected chi connectivity index (χ1v) is 7.31. The molecule has 0 spiro atoms. The molecular weight excluding hydrogens is 252 g/mol. The van der Waals surface area contributed by atoms with Crippen molar-refractivity contribution in [2.45, 2.75) is 59.9 Å². The summed E-state index contributed by atoms with van der Waals surface area (Å²) >= 11 is 0. The summed E-state index contributed by atoms with van der Waals surface area (Å²) in [6, 6.07) is 0. The predicted octanol–water partition coefficient (Wildman–Crippen LogP) is 2.63. The Kier molecular flexibility index (Phi) is 7.54. The molecule has 0 aromatic rings. The Labute approximate surface area is 123 Å². The number of primary amides is 1. The van der Waals surface area contributed by atoms with Gasteiger partial charge >= 0.3 is 0 Å². The van der Waals surface area contributed by atoms with Crippen molar-refractivity contribution in [3.63, 3.8) is 0 Å². The zero-order valence-electron chi connectivity index (χ0n) is 13.7. The summed E-state index contributed by atoms with van der Waals surface area (Å²) in [5.41, 5.74) is 5.19. The number of rotatable bonds is 7. The maximum absolute atomic E-state index is 12.5. The highest BCUT2D eigenvalue weighted by molar-refractivity contribution is 5.87. The van der Waals surface area contributed by atoms with Crippen molar-refractivity contribution in [3.05, 3.63) is 12.2 Å². The van der Waals surface area contributed by atoms with E-state index >= 15 is 0 Å². The Balaban J connectivity index is 5.17. The largest absolute Gasteiger partial charge is 0.369 e. The standard InChI is InChI=1S/C16H30N2O2/c1-7-8-9-12(14(17)19)13(10-11(2)3)15(20)18-16(4,5)6/h7-8,11-13H,9-10H2,1-6H3,(H2,17,19)(H,18,20)/b8-7+/t12-,13+/m0/s1. The molecule has 0 aliphatic heterocycles. The molecule has 0 aliphatic carbocycles. The third-order valence-corrected chi connectivity index (χ3v) is 3.04. The van der Waals surface area contributed by atoms with Crippen LogP contribution in [-0.4, -0.2) is 17.4 Å². The van der Waals surface area contributed by atoms with E-state index in [9.17, 15) is 9.59 Å². The van der Waals surface area contributed by atoms with Gasteiger partial charge in [0.1, 0.15) is 0 Å². The molecule has 4 nitrogen and oxygen atoms in total. The van der Waals surface area contributed by atoms with Gasteiger partial charge in [-0.05, 0) is 46.5 Å². The Morgan fingerprint density at radius 2 is 1.75 bits per heavy atom. The summed E-state index contributed by atoms with van der Waals surface area (Å²) in [6.07, 6.45) is 4.95. The van der Waals surface area contributed by atoms with Gasteiger partial charge in [0, 0.05) is 5.54 Å². The fraction of sp³-hybridized carbons (Fsp3) is 0.750. The average molecular weight is 282 g/mol. The minimum Gasteiger partial charge on any atom is -0.369 e. The third-order valence-electron chi connectivity index (χ3n) is 3.04. The molecule has 116 valence electrons. The van der Waals surface area contributed by atoms with E-state index in [0.717, 1.165) is 0 Å². The second-order valence-corrected chi connectivity index (χ2v) is 6.79. The van der Waals surface area contributed by atoms with Gasteiger partial charge in [-0.1, -0.05) is 26.0 Å². The zero-order chi connectivity index (χ0) is 15.9. The molecule has 0 unspecified atom stereocenters. The number of carbonyl (C=O) groups is 2. The molecule has 20 heavy (non-hydrogen) atoms. The van der Waals surface area contributed by atoms with E-state index in [2.05, 4.69) is 5.32 Å². The molecule has 0 rings (SSSR count). The van der Waals surface area contributed by atoms with Crippen LogP contribution in [0.3, 0.4) is 0 Å². The lowest BCUT2D eigenvalue weighted by Gasteiger charge is -2.29. The van der Waals surface area contributed by atoms with E-state index in [1.54, 1.807) is 0 Å². The van der Waals surface area contributed by atoms with Crippen LogP contribution in [0, 0.1) is 17.8 Å².